The summed E-state index contributed by atoms with van der Waals surface area (Å²) in [7, 11) is 0. The van der Waals surface area contributed by atoms with Crippen molar-refractivity contribution in [2.24, 2.45) is 5.92 Å². The molecule has 0 aromatic heterocycles. The molecule has 2 aromatic rings. The zero-order valence-corrected chi connectivity index (χ0v) is 17.1. The smallest absolute Gasteiger partial charge is 0.305 e. The van der Waals surface area contributed by atoms with E-state index in [2.05, 4.69) is 53.3 Å². The average molecular weight is 430 g/mol. The first kappa shape index (κ1) is 20.9. The normalized spacial score (nSPS) is 11.5. The Bertz CT molecular complexity index is 808. The number of allylic oxidation sites excluding steroid dienone is 1. The maximum atomic E-state index is 12.1. The Kier molecular flexibility index (Phi) is 7.80. The highest BCUT2D eigenvalue weighted by Gasteiger charge is 2.09. The molecule has 0 saturated carbocycles. The van der Waals surface area contributed by atoms with Crippen molar-refractivity contribution in [3.8, 4) is 0 Å². The van der Waals surface area contributed by atoms with Crippen LogP contribution in [0.5, 0.6) is 0 Å². The van der Waals surface area contributed by atoms with Crippen molar-refractivity contribution >= 4 is 39.5 Å². The van der Waals surface area contributed by atoms with Crippen LogP contribution < -0.4 is 5.32 Å². The van der Waals surface area contributed by atoms with E-state index in [1.807, 2.05) is 24.3 Å². The Morgan fingerprint density at radius 2 is 1.63 bits per heavy atom. The van der Waals surface area contributed by atoms with Crippen molar-refractivity contribution in [1.29, 1.82) is 0 Å². The maximum Gasteiger partial charge on any atom is 0.305 e. The first-order valence-electron chi connectivity index (χ1n) is 8.91. The summed E-state index contributed by atoms with van der Waals surface area (Å²) in [5, 5.41) is 11.3. The summed E-state index contributed by atoms with van der Waals surface area (Å²) in [5.74, 6) is -0.683. The number of hydrogen-bond donors (Lipinski definition) is 2. The summed E-state index contributed by atoms with van der Waals surface area (Å²) in [4.78, 5) is 22.6. The molecule has 0 saturated heterocycles. The zero-order valence-electron chi connectivity index (χ0n) is 15.5. The molecule has 2 aromatic carbocycles. The van der Waals surface area contributed by atoms with Gasteiger partial charge in [0, 0.05) is 16.6 Å². The van der Waals surface area contributed by atoms with Gasteiger partial charge in [0.1, 0.15) is 0 Å². The Labute approximate surface area is 168 Å². The maximum absolute atomic E-state index is 12.1. The molecule has 0 fully saturated rings. The number of amides is 1. The SMILES string of the molecule is CC(C)CC(=Cc1ccc(Br)cc1)c1ccc(C(=O)NCCC(=O)O)cc1. The number of carbonyl (C=O) groups excluding carboxylic acids is 1. The Morgan fingerprint density at radius 3 is 2.19 bits per heavy atom. The second kappa shape index (κ2) is 10.1. The largest absolute Gasteiger partial charge is 0.481 e. The van der Waals surface area contributed by atoms with E-state index in [9.17, 15) is 9.59 Å². The van der Waals surface area contributed by atoms with Crippen LogP contribution in [0.15, 0.2) is 53.0 Å². The van der Waals surface area contributed by atoms with Gasteiger partial charge in [0.05, 0.1) is 6.42 Å². The molecule has 0 spiro atoms. The molecule has 0 aliphatic carbocycles. The van der Waals surface area contributed by atoms with Crippen LogP contribution in [-0.4, -0.2) is 23.5 Å². The number of carbonyl (C=O) groups is 2. The third-order valence-electron chi connectivity index (χ3n) is 3.98. The minimum Gasteiger partial charge on any atom is -0.481 e. The minimum absolute atomic E-state index is 0.0850. The van der Waals surface area contributed by atoms with E-state index >= 15 is 0 Å². The number of halogens is 1. The van der Waals surface area contributed by atoms with Gasteiger partial charge in [-0.15, -0.1) is 0 Å². The lowest BCUT2D eigenvalue weighted by Gasteiger charge is -2.12. The van der Waals surface area contributed by atoms with Crippen molar-refractivity contribution in [3.05, 3.63) is 69.7 Å². The van der Waals surface area contributed by atoms with Gasteiger partial charge in [-0.25, -0.2) is 0 Å². The van der Waals surface area contributed by atoms with Crippen LogP contribution in [0.1, 0.15) is 48.2 Å². The molecule has 0 atom stereocenters. The fourth-order valence-electron chi connectivity index (χ4n) is 2.68. The van der Waals surface area contributed by atoms with Crippen LogP contribution in [0.25, 0.3) is 11.6 Å². The van der Waals surface area contributed by atoms with Crippen molar-refractivity contribution < 1.29 is 14.7 Å². The predicted molar refractivity (Wildman–Crippen MR) is 112 cm³/mol. The van der Waals surface area contributed by atoms with Crippen LogP contribution in [0.4, 0.5) is 0 Å². The lowest BCUT2D eigenvalue weighted by molar-refractivity contribution is -0.136. The summed E-state index contributed by atoms with van der Waals surface area (Å²) in [6.07, 6.45) is 3.02. The summed E-state index contributed by atoms with van der Waals surface area (Å²) >= 11 is 3.45. The van der Waals surface area contributed by atoms with Gasteiger partial charge < -0.3 is 10.4 Å². The van der Waals surface area contributed by atoms with Gasteiger partial charge in [0.2, 0.25) is 0 Å². The molecule has 4 nitrogen and oxygen atoms in total. The molecule has 0 aliphatic heterocycles. The van der Waals surface area contributed by atoms with Gasteiger partial charge in [0.25, 0.3) is 5.91 Å². The van der Waals surface area contributed by atoms with Crippen molar-refractivity contribution in [3.63, 3.8) is 0 Å². The third kappa shape index (κ3) is 7.02. The molecular formula is C22H24BrNO3. The molecule has 0 bridgehead atoms. The fraction of sp³-hybridized carbons (Fsp3) is 0.273. The van der Waals surface area contributed by atoms with Gasteiger partial charge in [-0.3, -0.25) is 9.59 Å². The molecule has 27 heavy (non-hydrogen) atoms. The molecule has 142 valence electrons. The van der Waals surface area contributed by atoms with Gasteiger partial charge in [-0.1, -0.05) is 60.1 Å². The van der Waals surface area contributed by atoms with Crippen molar-refractivity contribution in [1.82, 2.24) is 5.32 Å². The highest BCUT2D eigenvalue weighted by atomic mass is 79.9. The molecule has 0 unspecified atom stereocenters. The molecule has 1 amide bonds. The first-order chi connectivity index (χ1) is 12.8. The molecule has 0 radical (unpaired) electrons. The van der Waals surface area contributed by atoms with E-state index in [1.165, 1.54) is 5.57 Å². The van der Waals surface area contributed by atoms with Crippen LogP contribution in [-0.2, 0) is 4.79 Å². The van der Waals surface area contributed by atoms with Crippen molar-refractivity contribution in [2.75, 3.05) is 6.54 Å². The van der Waals surface area contributed by atoms with Crippen LogP contribution in [0.2, 0.25) is 0 Å². The molecule has 0 heterocycles. The number of aliphatic carboxylic acids is 1. The van der Waals surface area contributed by atoms with Crippen LogP contribution in [0, 0.1) is 5.92 Å². The lowest BCUT2D eigenvalue weighted by Crippen LogP contribution is -2.25. The topological polar surface area (TPSA) is 66.4 Å². The van der Waals surface area contributed by atoms with Crippen molar-refractivity contribution in [2.45, 2.75) is 26.7 Å². The first-order valence-corrected chi connectivity index (χ1v) is 9.71. The molecular weight excluding hydrogens is 406 g/mol. The molecule has 2 rings (SSSR count). The highest BCUT2D eigenvalue weighted by Crippen LogP contribution is 2.26. The monoisotopic (exact) mass is 429 g/mol. The number of hydrogen-bond acceptors (Lipinski definition) is 2. The van der Waals surface area contributed by atoms with E-state index in [-0.39, 0.29) is 18.9 Å². The number of carboxylic acid groups (broad SMARTS) is 1. The summed E-state index contributed by atoms with van der Waals surface area (Å²) in [6.45, 7) is 4.48. The summed E-state index contributed by atoms with van der Waals surface area (Å²) in [5.41, 5.74) is 3.94. The zero-order chi connectivity index (χ0) is 19.8. The molecule has 0 aliphatic rings. The van der Waals surface area contributed by atoms with E-state index in [1.54, 1.807) is 12.1 Å². The van der Waals surface area contributed by atoms with Gasteiger partial charge in [-0.2, -0.15) is 0 Å². The second-order valence-corrected chi connectivity index (χ2v) is 7.71. The van der Waals surface area contributed by atoms with E-state index < -0.39 is 5.97 Å². The van der Waals surface area contributed by atoms with Gasteiger partial charge >= 0.3 is 5.97 Å². The predicted octanol–water partition coefficient (Wildman–Crippen LogP) is 5.24. The number of carboxylic acids is 1. The van der Waals surface area contributed by atoms with E-state index in [4.69, 9.17) is 5.11 Å². The quantitative estimate of drug-likeness (QED) is 0.563. The van der Waals surface area contributed by atoms with Gasteiger partial charge in [-0.05, 0) is 53.3 Å². The van der Waals surface area contributed by atoms with E-state index in [0.717, 1.165) is 22.0 Å². The fourth-order valence-corrected chi connectivity index (χ4v) is 2.95. The Hall–Kier alpha value is -2.40. The number of rotatable bonds is 8. The van der Waals surface area contributed by atoms with Crippen LogP contribution >= 0.6 is 15.9 Å². The minimum atomic E-state index is -0.929. The van der Waals surface area contributed by atoms with Gasteiger partial charge in [0.15, 0.2) is 0 Å². The standard InChI is InChI=1S/C22H24BrNO3/c1-15(2)13-19(14-16-3-9-20(23)10-4-16)17-5-7-18(8-6-17)22(27)24-12-11-21(25)26/h3-10,14-15H,11-13H2,1-2H3,(H,24,27)(H,25,26). The lowest BCUT2D eigenvalue weighted by atomic mass is 9.94. The third-order valence-corrected chi connectivity index (χ3v) is 4.51. The Balaban J connectivity index is 2.17. The van der Waals surface area contributed by atoms with E-state index in [0.29, 0.717) is 11.5 Å². The molecule has 5 heteroatoms. The Morgan fingerprint density at radius 1 is 1.04 bits per heavy atom. The highest BCUT2D eigenvalue weighted by molar-refractivity contribution is 9.10. The number of benzene rings is 2. The molecule has 2 N–H and O–H groups in total. The second-order valence-electron chi connectivity index (χ2n) is 6.80. The summed E-state index contributed by atoms with van der Waals surface area (Å²) < 4.78 is 1.04. The van der Waals surface area contributed by atoms with Crippen LogP contribution in [0.3, 0.4) is 0 Å². The average Bonchev–Trinajstić information content (AvgIpc) is 2.62. The summed E-state index contributed by atoms with van der Waals surface area (Å²) in [6, 6.07) is 15.6. The number of nitrogens with one attached hydrogen (secondary N) is 1.